The first-order valence-corrected chi connectivity index (χ1v) is 10.6. The average Bonchev–Trinajstić information content (AvgIpc) is 3.09. The van der Waals surface area contributed by atoms with E-state index >= 15 is 0 Å². The number of rotatable bonds is 4. The molecule has 0 amide bonds. The van der Waals surface area contributed by atoms with Crippen LogP contribution in [0.15, 0.2) is 77.1 Å². The van der Waals surface area contributed by atoms with Crippen molar-refractivity contribution in [1.29, 1.82) is 0 Å². The zero-order valence-corrected chi connectivity index (χ0v) is 19.9. The van der Waals surface area contributed by atoms with Crippen LogP contribution in [0.3, 0.4) is 0 Å². The molecule has 0 aliphatic carbocycles. The van der Waals surface area contributed by atoms with Crippen molar-refractivity contribution in [1.82, 2.24) is 4.57 Å². The monoisotopic (exact) mass is 502 g/mol. The maximum Gasteiger partial charge on any atom is 0.190 e. The van der Waals surface area contributed by atoms with Gasteiger partial charge in [0.05, 0.1) is 17.9 Å². The van der Waals surface area contributed by atoms with E-state index in [1.807, 2.05) is 24.3 Å². The lowest BCUT2D eigenvalue weighted by Crippen LogP contribution is -2.17. The smallest absolute Gasteiger partial charge is 0.190 e. The Morgan fingerprint density at radius 1 is 0.967 bits per heavy atom. The Morgan fingerprint density at radius 3 is 2.37 bits per heavy atom. The van der Waals surface area contributed by atoms with Gasteiger partial charge in [-0.1, -0.05) is 41.4 Å². The highest BCUT2D eigenvalue weighted by Crippen LogP contribution is 2.26. The number of aromatic nitrogens is 1. The van der Waals surface area contributed by atoms with E-state index in [1.54, 1.807) is 23.5 Å². The third kappa shape index (κ3) is 5.09. The van der Waals surface area contributed by atoms with E-state index in [-0.39, 0.29) is 22.8 Å². The highest BCUT2D eigenvalue weighted by Gasteiger charge is 2.12. The molecule has 0 radical (unpaired) electrons. The molecule has 2 nitrogen and oxygen atoms in total. The van der Waals surface area contributed by atoms with Gasteiger partial charge in [-0.3, -0.25) is 0 Å². The van der Waals surface area contributed by atoms with E-state index in [9.17, 15) is 4.39 Å². The molecular formula is C24H21BrClFN2S. The Balaban J connectivity index is 0.00000256. The fourth-order valence-corrected chi connectivity index (χ4v) is 4.24. The molecule has 0 saturated carbocycles. The molecule has 0 unspecified atom stereocenters. The molecule has 0 aliphatic rings. The van der Waals surface area contributed by atoms with Gasteiger partial charge >= 0.3 is 0 Å². The van der Waals surface area contributed by atoms with Crippen LogP contribution in [0.4, 0.5) is 10.1 Å². The predicted octanol–water partition coefficient (Wildman–Crippen LogP) is 7.48. The van der Waals surface area contributed by atoms with Crippen molar-refractivity contribution in [3.8, 4) is 11.3 Å². The van der Waals surface area contributed by atoms with Crippen LogP contribution in [0.25, 0.3) is 11.3 Å². The molecule has 1 aromatic heterocycles. The summed E-state index contributed by atoms with van der Waals surface area (Å²) in [6, 6.07) is 20.6. The Bertz CT molecular complexity index is 1210. The van der Waals surface area contributed by atoms with Crippen LogP contribution in [0.1, 0.15) is 16.7 Å². The molecule has 4 aromatic rings. The second-order valence-electron chi connectivity index (χ2n) is 7.02. The molecule has 0 bridgehead atoms. The van der Waals surface area contributed by atoms with E-state index in [0.717, 1.165) is 26.8 Å². The maximum absolute atomic E-state index is 13.3. The van der Waals surface area contributed by atoms with Crippen LogP contribution in [-0.2, 0) is 6.54 Å². The van der Waals surface area contributed by atoms with Crippen molar-refractivity contribution in [2.24, 2.45) is 4.99 Å². The summed E-state index contributed by atoms with van der Waals surface area (Å²) in [5.74, 6) is -0.264. The standard InChI is InChI=1S/C24H20ClFN2S.BrH/c1-16-3-4-17(2)22(13-16)23-15-29-24(27-21-11-9-20(26)10-12-21)28(23)14-18-5-7-19(25)8-6-18;/h3-13,15H,14H2,1-2H3;1H. The van der Waals surface area contributed by atoms with Crippen molar-refractivity contribution in [3.05, 3.63) is 104 Å². The third-order valence-electron chi connectivity index (χ3n) is 4.77. The van der Waals surface area contributed by atoms with Gasteiger partial charge in [-0.15, -0.1) is 28.3 Å². The molecule has 154 valence electrons. The Labute approximate surface area is 195 Å². The van der Waals surface area contributed by atoms with Gasteiger partial charge in [-0.2, -0.15) is 0 Å². The van der Waals surface area contributed by atoms with Gasteiger partial charge in [0.1, 0.15) is 5.82 Å². The van der Waals surface area contributed by atoms with Gasteiger partial charge < -0.3 is 4.57 Å². The Kier molecular flexibility index (Phi) is 7.29. The Morgan fingerprint density at radius 2 is 1.67 bits per heavy atom. The van der Waals surface area contributed by atoms with Gasteiger partial charge in [0.2, 0.25) is 0 Å². The van der Waals surface area contributed by atoms with Crippen molar-refractivity contribution in [3.63, 3.8) is 0 Å². The summed E-state index contributed by atoms with van der Waals surface area (Å²) in [7, 11) is 0. The van der Waals surface area contributed by atoms with Gasteiger partial charge in [0.15, 0.2) is 4.80 Å². The van der Waals surface area contributed by atoms with Crippen molar-refractivity contribution in [2.45, 2.75) is 20.4 Å². The largest absolute Gasteiger partial charge is 0.312 e. The van der Waals surface area contributed by atoms with E-state index < -0.39 is 0 Å². The molecule has 6 heteroatoms. The first kappa shape index (κ1) is 22.5. The molecule has 0 saturated heterocycles. The number of aryl methyl sites for hydroxylation is 2. The van der Waals surface area contributed by atoms with Gasteiger partial charge in [0, 0.05) is 16.0 Å². The molecule has 1 heterocycles. The maximum atomic E-state index is 13.3. The number of benzene rings is 3. The summed E-state index contributed by atoms with van der Waals surface area (Å²) in [6.45, 7) is 4.89. The van der Waals surface area contributed by atoms with Crippen molar-refractivity contribution in [2.75, 3.05) is 0 Å². The van der Waals surface area contributed by atoms with E-state index in [2.05, 4.69) is 42.0 Å². The lowest BCUT2D eigenvalue weighted by molar-refractivity contribution is 0.628. The molecule has 3 aromatic carbocycles. The zero-order valence-electron chi connectivity index (χ0n) is 16.6. The molecule has 0 fully saturated rings. The molecule has 0 atom stereocenters. The topological polar surface area (TPSA) is 17.3 Å². The van der Waals surface area contributed by atoms with Crippen LogP contribution >= 0.6 is 39.9 Å². The highest BCUT2D eigenvalue weighted by molar-refractivity contribution is 8.93. The minimum absolute atomic E-state index is 0. The summed E-state index contributed by atoms with van der Waals surface area (Å²) in [5.41, 5.74) is 6.60. The van der Waals surface area contributed by atoms with E-state index in [4.69, 9.17) is 16.6 Å². The van der Waals surface area contributed by atoms with Gasteiger partial charge in [0.25, 0.3) is 0 Å². The van der Waals surface area contributed by atoms with Crippen LogP contribution in [0.5, 0.6) is 0 Å². The van der Waals surface area contributed by atoms with Gasteiger partial charge in [-0.25, -0.2) is 9.38 Å². The number of hydrogen-bond donors (Lipinski definition) is 0. The normalized spacial score (nSPS) is 11.4. The van der Waals surface area contributed by atoms with Crippen LogP contribution in [-0.4, -0.2) is 4.57 Å². The number of nitrogens with zero attached hydrogens (tertiary/aromatic N) is 2. The molecule has 30 heavy (non-hydrogen) atoms. The van der Waals surface area contributed by atoms with Crippen LogP contribution in [0, 0.1) is 19.7 Å². The number of halogens is 3. The van der Waals surface area contributed by atoms with Crippen molar-refractivity contribution >= 4 is 45.6 Å². The molecule has 0 N–H and O–H groups in total. The first-order chi connectivity index (χ1) is 14.0. The second kappa shape index (κ2) is 9.73. The second-order valence-corrected chi connectivity index (χ2v) is 8.30. The summed E-state index contributed by atoms with van der Waals surface area (Å²) < 4.78 is 15.5. The van der Waals surface area contributed by atoms with Crippen LogP contribution < -0.4 is 4.80 Å². The molecule has 0 spiro atoms. The minimum Gasteiger partial charge on any atom is -0.312 e. The molecule has 4 rings (SSSR count). The quantitative estimate of drug-likeness (QED) is 0.275. The van der Waals surface area contributed by atoms with E-state index in [1.165, 1.54) is 28.8 Å². The summed E-state index contributed by atoms with van der Waals surface area (Å²) >= 11 is 7.64. The summed E-state index contributed by atoms with van der Waals surface area (Å²) in [5, 5.41) is 2.86. The lowest BCUT2D eigenvalue weighted by Gasteiger charge is -2.12. The predicted molar refractivity (Wildman–Crippen MR) is 130 cm³/mol. The fourth-order valence-electron chi connectivity index (χ4n) is 3.20. The Hall–Kier alpha value is -2.21. The first-order valence-electron chi connectivity index (χ1n) is 9.30. The fraction of sp³-hybridized carbons (Fsp3) is 0.125. The molecule has 0 aliphatic heterocycles. The zero-order chi connectivity index (χ0) is 20.4. The summed E-state index contributed by atoms with van der Waals surface area (Å²) in [4.78, 5) is 5.65. The average molecular weight is 504 g/mol. The number of hydrogen-bond acceptors (Lipinski definition) is 2. The van der Waals surface area contributed by atoms with Crippen LogP contribution in [0.2, 0.25) is 5.02 Å². The van der Waals surface area contributed by atoms with E-state index in [0.29, 0.717) is 6.54 Å². The summed E-state index contributed by atoms with van der Waals surface area (Å²) in [6.07, 6.45) is 0. The molecular weight excluding hydrogens is 483 g/mol. The highest BCUT2D eigenvalue weighted by atomic mass is 79.9. The minimum atomic E-state index is -0.264. The lowest BCUT2D eigenvalue weighted by atomic mass is 10.0. The number of thiazole rings is 1. The van der Waals surface area contributed by atoms with Crippen molar-refractivity contribution < 1.29 is 4.39 Å². The third-order valence-corrected chi connectivity index (χ3v) is 5.89. The SMILES string of the molecule is Br.Cc1ccc(C)c(-c2csc(=Nc3ccc(F)cc3)n2Cc2ccc(Cl)cc2)c1. The van der Waals surface area contributed by atoms with Gasteiger partial charge in [-0.05, 0) is 67.4 Å².